The van der Waals surface area contributed by atoms with E-state index < -0.39 is 29.1 Å². The number of esters is 1. The van der Waals surface area contributed by atoms with Crippen molar-refractivity contribution in [3.63, 3.8) is 0 Å². The molecule has 0 aromatic carbocycles. The van der Waals surface area contributed by atoms with Crippen molar-refractivity contribution in [3.8, 4) is 0 Å². The first kappa shape index (κ1) is 28.6. The van der Waals surface area contributed by atoms with Gasteiger partial charge in [0, 0.05) is 18.4 Å². The Morgan fingerprint density at radius 2 is 1.71 bits per heavy atom. The van der Waals surface area contributed by atoms with E-state index in [4.69, 9.17) is 9.47 Å². The summed E-state index contributed by atoms with van der Waals surface area (Å²) in [6.45, 7) is 13.5. The van der Waals surface area contributed by atoms with E-state index in [1.807, 2.05) is 6.92 Å². The molecular formula is C32H52O6. The molecule has 5 aliphatic carbocycles. The number of aliphatic hydroxyl groups is 3. The maximum absolute atomic E-state index is 13.5. The molecule has 0 heterocycles. The van der Waals surface area contributed by atoms with Crippen LogP contribution < -0.4 is 0 Å². The lowest BCUT2D eigenvalue weighted by atomic mass is 9.32. The topological polar surface area (TPSA) is 96.2 Å². The Morgan fingerprint density at radius 1 is 1.03 bits per heavy atom. The van der Waals surface area contributed by atoms with Crippen molar-refractivity contribution in [2.45, 2.75) is 105 Å². The Kier molecular flexibility index (Phi) is 6.79. The molecule has 0 radical (unpaired) electrons. The third kappa shape index (κ3) is 3.30. The number of methoxy groups -OCH3 is 2. The van der Waals surface area contributed by atoms with Crippen molar-refractivity contribution < 1.29 is 29.6 Å². The van der Waals surface area contributed by atoms with Gasteiger partial charge in [-0.3, -0.25) is 4.79 Å². The first-order valence-electron chi connectivity index (χ1n) is 15.0. The Labute approximate surface area is 229 Å². The summed E-state index contributed by atoms with van der Waals surface area (Å²) in [6.07, 6.45) is 6.33. The first-order chi connectivity index (χ1) is 17.7. The van der Waals surface area contributed by atoms with Crippen LogP contribution in [0.25, 0.3) is 0 Å². The van der Waals surface area contributed by atoms with Gasteiger partial charge in [0.1, 0.15) is 0 Å². The van der Waals surface area contributed by atoms with E-state index >= 15 is 0 Å². The molecule has 6 nitrogen and oxygen atoms in total. The van der Waals surface area contributed by atoms with Gasteiger partial charge in [-0.1, -0.05) is 53.2 Å². The summed E-state index contributed by atoms with van der Waals surface area (Å²) in [5.41, 5.74) is -0.537. The van der Waals surface area contributed by atoms with Crippen LogP contribution in [-0.4, -0.2) is 60.4 Å². The molecule has 0 spiro atoms. The van der Waals surface area contributed by atoms with E-state index in [-0.39, 0.29) is 46.6 Å². The van der Waals surface area contributed by atoms with Crippen molar-refractivity contribution in [1.82, 2.24) is 0 Å². The second-order valence-electron chi connectivity index (χ2n) is 15.0. The lowest BCUT2D eigenvalue weighted by molar-refractivity contribution is -0.277. The fraction of sp³-hybridized carbons (Fsp3) is 0.906. The molecule has 3 N–H and O–H groups in total. The predicted molar refractivity (Wildman–Crippen MR) is 146 cm³/mol. The van der Waals surface area contributed by atoms with Crippen molar-refractivity contribution in [2.24, 2.45) is 56.7 Å². The highest BCUT2D eigenvalue weighted by molar-refractivity contribution is 5.78. The summed E-state index contributed by atoms with van der Waals surface area (Å²) >= 11 is 0. The fourth-order valence-electron chi connectivity index (χ4n) is 11.8. The van der Waals surface area contributed by atoms with Gasteiger partial charge in [-0.05, 0) is 84.9 Å². The van der Waals surface area contributed by atoms with E-state index in [0.29, 0.717) is 24.7 Å². The molecule has 4 fully saturated rings. The molecular weight excluding hydrogens is 480 g/mol. The Hall–Kier alpha value is -0.950. The van der Waals surface area contributed by atoms with Crippen molar-refractivity contribution in [3.05, 3.63) is 11.6 Å². The standard InChI is InChI=1S/C32H52O6/c1-18-11-12-32(27(36)38-8)14-13-30(5)20(24(32)19(18)2)9-10-23-28(3)15-22(35)26(37-7)29(4,17-33)25(28)21(34)16-31(23,30)6/h9,18-19,21-26,33-35H,10-17H2,1-8H3/t18-,19+,21-,22-,23-,24+,25-,26+,28-,29+,30-,31-,32+/m1/s1. The van der Waals surface area contributed by atoms with Gasteiger partial charge in [-0.25, -0.2) is 0 Å². The number of aliphatic hydroxyl groups excluding tert-OH is 3. The maximum atomic E-state index is 13.5. The average Bonchev–Trinajstić information content (AvgIpc) is 2.85. The quantitative estimate of drug-likeness (QED) is 0.359. The van der Waals surface area contributed by atoms with Crippen LogP contribution in [0.15, 0.2) is 11.6 Å². The van der Waals surface area contributed by atoms with Gasteiger partial charge < -0.3 is 24.8 Å². The second kappa shape index (κ2) is 9.03. The minimum Gasteiger partial charge on any atom is -0.469 e. The third-order valence-electron chi connectivity index (χ3n) is 13.8. The Bertz CT molecular complexity index is 994. The molecule has 6 heteroatoms. The summed E-state index contributed by atoms with van der Waals surface area (Å²) in [4.78, 5) is 13.5. The van der Waals surface area contributed by atoms with Gasteiger partial charge in [-0.2, -0.15) is 0 Å². The molecule has 0 aliphatic heterocycles. The first-order valence-corrected chi connectivity index (χ1v) is 15.0. The smallest absolute Gasteiger partial charge is 0.312 e. The van der Waals surface area contributed by atoms with Gasteiger partial charge in [0.25, 0.3) is 0 Å². The van der Waals surface area contributed by atoms with Gasteiger partial charge in [0.15, 0.2) is 0 Å². The highest BCUT2D eigenvalue weighted by Gasteiger charge is 2.72. The van der Waals surface area contributed by atoms with Crippen molar-refractivity contribution in [1.29, 1.82) is 0 Å². The molecule has 0 saturated heterocycles. The number of hydrogen-bond donors (Lipinski definition) is 3. The van der Waals surface area contributed by atoms with Crippen LogP contribution in [0.4, 0.5) is 0 Å². The highest BCUT2D eigenvalue weighted by Crippen LogP contribution is 2.75. The summed E-state index contributed by atoms with van der Waals surface area (Å²) < 4.78 is 11.2. The van der Waals surface area contributed by atoms with E-state index in [2.05, 4.69) is 40.7 Å². The molecule has 38 heavy (non-hydrogen) atoms. The average molecular weight is 533 g/mol. The SMILES string of the molecule is COC(=O)[C@]12CC[C@@H](C)[C@H](C)[C@H]1C1=CC[C@@H]3[C@@]4(C)C[C@@H](O)[C@H](OC)[C@@](C)(CO)[C@@H]4[C@H](O)C[C@@]3(C)[C@]1(C)CC2. The number of ether oxygens (including phenoxy) is 2. The largest absolute Gasteiger partial charge is 0.469 e. The highest BCUT2D eigenvalue weighted by atomic mass is 16.5. The van der Waals surface area contributed by atoms with Gasteiger partial charge in [-0.15, -0.1) is 0 Å². The fourth-order valence-corrected chi connectivity index (χ4v) is 11.8. The lowest BCUT2D eigenvalue weighted by Crippen LogP contribution is -2.71. The zero-order valence-electron chi connectivity index (χ0n) is 24.9. The van der Waals surface area contributed by atoms with E-state index in [0.717, 1.165) is 32.1 Å². The Balaban J connectivity index is 1.65. The molecule has 13 atom stereocenters. The van der Waals surface area contributed by atoms with Gasteiger partial charge in [0.05, 0.1) is 37.4 Å². The van der Waals surface area contributed by atoms with Crippen LogP contribution in [0.2, 0.25) is 0 Å². The molecule has 0 aromatic heterocycles. The number of fused-ring (bicyclic) bond motifs is 7. The van der Waals surface area contributed by atoms with Crippen LogP contribution in [0.1, 0.15) is 86.5 Å². The number of carbonyl (C=O) groups is 1. The monoisotopic (exact) mass is 532 g/mol. The van der Waals surface area contributed by atoms with Crippen molar-refractivity contribution >= 4 is 5.97 Å². The maximum Gasteiger partial charge on any atom is 0.312 e. The molecule has 5 aliphatic rings. The minimum atomic E-state index is -0.743. The predicted octanol–water partition coefficient (Wildman–Crippen LogP) is 4.75. The van der Waals surface area contributed by atoms with E-state index in [1.165, 1.54) is 12.7 Å². The third-order valence-corrected chi connectivity index (χ3v) is 13.8. The number of rotatable bonds is 3. The van der Waals surface area contributed by atoms with Crippen LogP contribution in [0.5, 0.6) is 0 Å². The van der Waals surface area contributed by atoms with Gasteiger partial charge >= 0.3 is 5.97 Å². The second-order valence-corrected chi connectivity index (χ2v) is 15.0. The van der Waals surface area contributed by atoms with E-state index in [9.17, 15) is 20.1 Å². The number of carbonyl (C=O) groups excluding carboxylic acids is 1. The molecule has 0 amide bonds. The molecule has 0 aromatic rings. The summed E-state index contributed by atoms with van der Waals surface area (Å²) in [5.74, 6) is 1.06. The minimum absolute atomic E-state index is 0.0492. The number of allylic oxidation sites excluding steroid dienone is 2. The van der Waals surface area contributed by atoms with Crippen LogP contribution in [-0.2, 0) is 14.3 Å². The molecule has 5 rings (SSSR count). The normalized spacial score (nSPS) is 56.0. The number of hydrogen-bond acceptors (Lipinski definition) is 6. The van der Waals surface area contributed by atoms with Crippen LogP contribution >= 0.6 is 0 Å². The van der Waals surface area contributed by atoms with Crippen LogP contribution in [0, 0.1) is 56.7 Å². The van der Waals surface area contributed by atoms with Crippen LogP contribution in [0.3, 0.4) is 0 Å². The zero-order chi connectivity index (χ0) is 28.1. The summed E-state index contributed by atoms with van der Waals surface area (Å²) in [7, 11) is 3.14. The zero-order valence-corrected chi connectivity index (χ0v) is 24.9. The molecule has 216 valence electrons. The Morgan fingerprint density at radius 3 is 2.32 bits per heavy atom. The summed E-state index contributed by atoms with van der Waals surface area (Å²) in [6, 6.07) is 0. The van der Waals surface area contributed by atoms with Gasteiger partial charge in [0.2, 0.25) is 0 Å². The summed E-state index contributed by atoms with van der Waals surface area (Å²) in [5, 5.41) is 34.0. The van der Waals surface area contributed by atoms with Crippen molar-refractivity contribution in [2.75, 3.05) is 20.8 Å². The molecule has 4 saturated carbocycles. The lowest BCUT2D eigenvalue weighted by Gasteiger charge is -2.72. The molecule has 0 bridgehead atoms. The molecule has 0 unspecified atom stereocenters. The van der Waals surface area contributed by atoms with E-state index in [1.54, 1.807) is 7.11 Å².